The Balaban J connectivity index is 1.48. The summed E-state index contributed by atoms with van der Waals surface area (Å²) < 4.78 is 0. The monoisotopic (exact) mass is 303 g/mol. The number of nitrogens with one attached hydrogen (secondary N) is 1. The number of carbonyl (C=O) groups is 1. The van der Waals surface area contributed by atoms with Crippen LogP contribution in [-0.4, -0.2) is 5.91 Å². The molecule has 0 spiro atoms. The lowest BCUT2D eigenvalue weighted by molar-refractivity contribution is -0.233. The van der Waals surface area contributed by atoms with Crippen LogP contribution in [0.3, 0.4) is 0 Å². The van der Waals surface area contributed by atoms with E-state index < -0.39 is 0 Å². The maximum atomic E-state index is 11.6. The van der Waals surface area contributed by atoms with Crippen molar-refractivity contribution in [2.45, 2.75) is 38.5 Å². The zero-order valence-electron chi connectivity index (χ0n) is 13.3. The summed E-state index contributed by atoms with van der Waals surface area (Å²) in [6.45, 7) is 0. The molecule has 7 aliphatic rings. The second-order valence-electron chi connectivity index (χ2n) is 8.76. The molecule has 2 nitrogen and oxygen atoms in total. The molecule has 7 aliphatic carbocycles. The van der Waals surface area contributed by atoms with Gasteiger partial charge in [0, 0.05) is 16.9 Å². The van der Waals surface area contributed by atoms with Crippen LogP contribution in [0.15, 0.2) is 0 Å². The Labute approximate surface area is 138 Å². The van der Waals surface area contributed by atoms with Gasteiger partial charge in [-0.05, 0) is 80.0 Å². The lowest BCUT2D eigenvalue weighted by Gasteiger charge is -2.73. The second kappa shape index (κ2) is 4.16. The highest BCUT2D eigenvalue weighted by atomic mass is 16.1. The highest BCUT2D eigenvalue weighted by Gasteiger charge is 2.69. The standard InChI is InChI=1S/C21H21NO/c1-3-20-7-13-16-10-21(6-5-19(23)22-4-2)11-17(13)15(9-20)18(12-21)14(16)8-20/h1-2,13-18H,7-12H2,(H,22,23). The molecule has 0 heterocycles. The lowest BCUT2D eigenvalue weighted by atomic mass is 9.31. The van der Waals surface area contributed by atoms with Crippen LogP contribution in [0.4, 0.5) is 0 Å². The number of hydrogen-bond acceptors (Lipinski definition) is 1. The van der Waals surface area contributed by atoms with Crippen molar-refractivity contribution >= 4 is 5.91 Å². The Hall–Kier alpha value is -1.85. The van der Waals surface area contributed by atoms with Gasteiger partial charge in [-0.2, -0.15) is 0 Å². The summed E-state index contributed by atoms with van der Waals surface area (Å²) in [5.74, 6) is 13.9. The van der Waals surface area contributed by atoms with E-state index in [4.69, 9.17) is 12.8 Å². The third kappa shape index (κ3) is 1.61. The molecule has 7 fully saturated rings. The maximum Gasteiger partial charge on any atom is 0.307 e. The normalized spacial score (nSPS) is 53.1. The summed E-state index contributed by atoms with van der Waals surface area (Å²) in [7, 11) is 0. The van der Waals surface area contributed by atoms with E-state index in [1.807, 2.05) is 0 Å². The third-order valence-electron chi connectivity index (χ3n) is 7.99. The van der Waals surface area contributed by atoms with Crippen molar-refractivity contribution in [3.8, 4) is 36.7 Å². The van der Waals surface area contributed by atoms with Crippen LogP contribution in [0.5, 0.6) is 0 Å². The average molecular weight is 303 g/mol. The largest absolute Gasteiger partial charge is 0.307 e. The van der Waals surface area contributed by atoms with Gasteiger partial charge in [-0.25, -0.2) is 0 Å². The fraction of sp³-hybridized carbons (Fsp3) is 0.667. The molecule has 1 amide bonds. The van der Waals surface area contributed by atoms with Gasteiger partial charge in [0.1, 0.15) is 0 Å². The van der Waals surface area contributed by atoms with Gasteiger partial charge in [-0.15, -0.1) is 6.42 Å². The Kier molecular flexibility index (Phi) is 2.46. The van der Waals surface area contributed by atoms with Crippen LogP contribution >= 0.6 is 0 Å². The number of amides is 1. The topological polar surface area (TPSA) is 29.1 Å². The van der Waals surface area contributed by atoms with Gasteiger partial charge in [0.2, 0.25) is 0 Å². The van der Waals surface area contributed by atoms with Crippen LogP contribution in [0.1, 0.15) is 38.5 Å². The number of carbonyl (C=O) groups excluding carboxylic acids is 1. The quantitative estimate of drug-likeness (QED) is 0.540. The van der Waals surface area contributed by atoms with Crippen LogP contribution in [0.25, 0.3) is 0 Å². The van der Waals surface area contributed by atoms with Gasteiger partial charge in [-0.3, -0.25) is 10.1 Å². The molecule has 1 N–H and O–H groups in total. The second-order valence-corrected chi connectivity index (χ2v) is 8.76. The molecule has 0 saturated heterocycles. The fourth-order valence-corrected chi connectivity index (χ4v) is 7.54. The van der Waals surface area contributed by atoms with Crippen LogP contribution in [-0.2, 0) is 4.79 Å². The fourth-order valence-electron chi connectivity index (χ4n) is 7.54. The van der Waals surface area contributed by atoms with E-state index >= 15 is 0 Å². The molecule has 0 atom stereocenters. The van der Waals surface area contributed by atoms with Crippen molar-refractivity contribution < 1.29 is 4.79 Å². The zero-order valence-corrected chi connectivity index (χ0v) is 13.3. The first kappa shape index (κ1) is 13.6. The van der Waals surface area contributed by atoms with Crippen LogP contribution in [0.2, 0.25) is 0 Å². The van der Waals surface area contributed by atoms with Gasteiger partial charge in [0.25, 0.3) is 0 Å². The summed E-state index contributed by atoms with van der Waals surface area (Å²) >= 11 is 0. The molecule has 116 valence electrons. The highest BCUT2D eigenvalue weighted by Crippen LogP contribution is 2.76. The van der Waals surface area contributed by atoms with E-state index in [2.05, 4.69) is 29.1 Å². The summed E-state index contributed by atoms with van der Waals surface area (Å²) in [6.07, 6.45) is 18.3. The van der Waals surface area contributed by atoms with Crippen molar-refractivity contribution in [3.63, 3.8) is 0 Å². The zero-order chi connectivity index (χ0) is 15.8. The predicted octanol–water partition coefficient (Wildman–Crippen LogP) is 2.41. The summed E-state index contributed by atoms with van der Waals surface area (Å²) in [4.78, 5) is 11.6. The maximum absolute atomic E-state index is 11.6. The molecule has 7 rings (SSSR count). The van der Waals surface area contributed by atoms with Gasteiger partial charge in [-0.1, -0.05) is 18.3 Å². The molecule has 0 unspecified atom stereocenters. The number of terminal acetylenes is 2. The minimum Gasteiger partial charge on any atom is -0.274 e. The number of hydrogen-bond donors (Lipinski definition) is 1. The molecule has 8 bridgehead atoms. The molecule has 7 saturated carbocycles. The van der Waals surface area contributed by atoms with Gasteiger partial charge < -0.3 is 0 Å². The Bertz CT molecular complexity index is 673. The Morgan fingerprint density at radius 2 is 1.26 bits per heavy atom. The van der Waals surface area contributed by atoms with Crippen molar-refractivity contribution in [1.82, 2.24) is 5.32 Å². The minimum absolute atomic E-state index is 0.0723. The molecular formula is C21H21NO. The van der Waals surface area contributed by atoms with Crippen molar-refractivity contribution in [2.75, 3.05) is 0 Å². The van der Waals surface area contributed by atoms with Crippen LogP contribution < -0.4 is 5.32 Å². The molecule has 23 heavy (non-hydrogen) atoms. The first-order chi connectivity index (χ1) is 11.1. The Morgan fingerprint density at radius 1 is 0.826 bits per heavy atom. The minimum atomic E-state index is -0.335. The smallest absolute Gasteiger partial charge is 0.274 e. The molecular weight excluding hydrogens is 282 g/mol. The van der Waals surface area contributed by atoms with Gasteiger partial charge in [0.15, 0.2) is 0 Å². The Morgan fingerprint density at radius 3 is 1.65 bits per heavy atom. The highest BCUT2D eigenvalue weighted by molar-refractivity contribution is 5.94. The van der Waals surface area contributed by atoms with Crippen molar-refractivity contribution in [1.29, 1.82) is 0 Å². The van der Waals surface area contributed by atoms with E-state index in [9.17, 15) is 4.79 Å². The predicted molar refractivity (Wildman–Crippen MR) is 87.1 cm³/mol. The lowest BCUT2D eigenvalue weighted by Crippen LogP contribution is -2.67. The van der Waals surface area contributed by atoms with Crippen molar-refractivity contribution in [3.05, 3.63) is 0 Å². The van der Waals surface area contributed by atoms with E-state index in [-0.39, 0.29) is 16.7 Å². The first-order valence-electron chi connectivity index (χ1n) is 8.85. The van der Waals surface area contributed by atoms with E-state index in [0.29, 0.717) is 0 Å². The van der Waals surface area contributed by atoms with Crippen LogP contribution in [0, 0.1) is 83.0 Å². The van der Waals surface area contributed by atoms with Gasteiger partial charge >= 0.3 is 5.91 Å². The summed E-state index contributed by atoms with van der Waals surface area (Å²) in [5.41, 5.74) is 0.294. The third-order valence-corrected chi connectivity index (χ3v) is 7.99. The molecule has 0 radical (unpaired) electrons. The van der Waals surface area contributed by atoms with E-state index in [1.54, 1.807) is 0 Å². The van der Waals surface area contributed by atoms with Gasteiger partial charge in [0.05, 0.1) is 0 Å². The number of rotatable bonds is 0. The molecule has 2 heteroatoms. The molecule has 0 aliphatic heterocycles. The first-order valence-corrected chi connectivity index (χ1v) is 8.85. The molecule has 0 aromatic rings. The SMILES string of the molecule is C#CNC(=O)C#CC12CC3C4CC5(C#C)CC3C(C1)C(C5)C4C2. The summed E-state index contributed by atoms with van der Waals surface area (Å²) in [5, 5.41) is 2.34. The van der Waals surface area contributed by atoms with E-state index in [0.717, 1.165) is 35.5 Å². The average Bonchev–Trinajstić information content (AvgIpc) is 2.57. The van der Waals surface area contributed by atoms with E-state index in [1.165, 1.54) is 38.5 Å². The molecule has 0 aromatic carbocycles. The van der Waals surface area contributed by atoms with Crippen molar-refractivity contribution in [2.24, 2.45) is 46.3 Å². The molecule has 0 aromatic heterocycles. The summed E-state index contributed by atoms with van der Waals surface area (Å²) in [6, 6.07) is 2.16.